The highest BCUT2D eigenvalue weighted by Crippen LogP contribution is 2.26. The van der Waals surface area contributed by atoms with Crippen LogP contribution in [0, 0.1) is 0 Å². The number of carbonyl (C=O) groups is 2. The van der Waals surface area contributed by atoms with Crippen molar-refractivity contribution in [2.24, 2.45) is 0 Å². The Balaban J connectivity index is 1.88. The molecular weight excluding hydrogens is 288 g/mol. The van der Waals surface area contributed by atoms with E-state index < -0.39 is 0 Å². The second kappa shape index (κ2) is 6.85. The van der Waals surface area contributed by atoms with E-state index in [0.29, 0.717) is 26.2 Å². The van der Waals surface area contributed by atoms with Gasteiger partial charge in [-0.1, -0.05) is 0 Å². The molecule has 1 heterocycles. The molecule has 6 heteroatoms. The van der Waals surface area contributed by atoms with E-state index in [2.05, 4.69) is 0 Å². The molecule has 1 aromatic carbocycles. The number of aromatic hydroxyl groups is 1. The van der Waals surface area contributed by atoms with Crippen LogP contribution < -0.4 is 0 Å². The summed E-state index contributed by atoms with van der Waals surface area (Å²) in [5.74, 6) is 0.378. The lowest BCUT2D eigenvalue weighted by Crippen LogP contribution is -2.51. The smallest absolute Gasteiger partial charge is 0.235 e. The van der Waals surface area contributed by atoms with E-state index in [4.69, 9.17) is 0 Å². The first kappa shape index (κ1) is 15.7. The fourth-order valence-electron chi connectivity index (χ4n) is 2.28. The summed E-state index contributed by atoms with van der Waals surface area (Å²) in [6.45, 7) is 5.85. The summed E-state index contributed by atoms with van der Waals surface area (Å²) in [5, 5.41) is 9.07. The maximum atomic E-state index is 12.4. The van der Waals surface area contributed by atoms with Crippen LogP contribution in [0.3, 0.4) is 0 Å². The zero-order valence-corrected chi connectivity index (χ0v) is 13.1. The number of benzene rings is 1. The fraction of sp³-hybridized carbons (Fsp3) is 0.467. The van der Waals surface area contributed by atoms with Gasteiger partial charge in [0.1, 0.15) is 5.75 Å². The molecule has 0 spiro atoms. The van der Waals surface area contributed by atoms with Crippen molar-refractivity contribution in [1.29, 1.82) is 0 Å². The van der Waals surface area contributed by atoms with Crippen LogP contribution in [0.25, 0.3) is 0 Å². The Bertz CT molecular complexity index is 510. The summed E-state index contributed by atoms with van der Waals surface area (Å²) < 4.78 is 0. The van der Waals surface area contributed by atoms with E-state index in [9.17, 15) is 14.7 Å². The molecule has 1 atom stereocenters. The molecule has 1 aromatic rings. The van der Waals surface area contributed by atoms with Crippen LogP contribution in [0.2, 0.25) is 0 Å². The highest BCUT2D eigenvalue weighted by atomic mass is 32.2. The molecule has 0 aromatic heterocycles. The van der Waals surface area contributed by atoms with Gasteiger partial charge >= 0.3 is 0 Å². The van der Waals surface area contributed by atoms with Crippen molar-refractivity contribution in [3.05, 3.63) is 24.3 Å². The third-order valence-corrected chi connectivity index (χ3v) is 4.63. The Kier molecular flexibility index (Phi) is 5.12. The Morgan fingerprint density at radius 2 is 1.62 bits per heavy atom. The molecule has 1 saturated heterocycles. The molecule has 0 radical (unpaired) electrons. The zero-order valence-electron chi connectivity index (χ0n) is 12.3. The molecule has 0 aliphatic carbocycles. The predicted molar refractivity (Wildman–Crippen MR) is 82.3 cm³/mol. The molecule has 1 aliphatic rings. The van der Waals surface area contributed by atoms with Gasteiger partial charge in [-0.2, -0.15) is 0 Å². The van der Waals surface area contributed by atoms with Crippen molar-refractivity contribution in [1.82, 2.24) is 9.80 Å². The monoisotopic (exact) mass is 308 g/mol. The number of amides is 2. The van der Waals surface area contributed by atoms with Crippen molar-refractivity contribution in [3.8, 4) is 5.75 Å². The topological polar surface area (TPSA) is 60.9 Å². The van der Waals surface area contributed by atoms with Gasteiger partial charge in [0, 0.05) is 38.0 Å². The summed E-state index contributed by atoms with van der Waals surface area (Å²) in [7, 11) is 0. The highest BCUT2D eigenvalue weighted by Gasteiger charge is 2.26. The second-order valence-electron chi connectivity index (χ2n) is 5.09. The first-order valence-corrected chi connectivity index (χ1v) is 7.85. The summed E-state index contributed by atoms with van der Waals surface area (Å²) in [6.07, 6.45) is 0. The van der Waals surface area contributed by atoms with E-state index in [1.165, 1.54) is 11.8 Å². The summed E-state index contributed by atoms with van der Waals surface area (Å²) in [5.41, 5.74) is 0. The van der Waals surface area contributed by atoms with E-state index in [1.54, 1.807) is 36.1 Å². The molecule has 5 nitrogen and oxygen atoms in total. The second-order valence-corrected chi connectivity index (χ2v) is 6.50. The lowest BCUT2D eigenvalue weighted by atomic mass is 10.3. The standard InChI is InChI=1S/C15H20N2O3S/c1-11(21-14-5-3-13(19)4-6-14)15(20)17-9-7-16(8-10-17)12(2)18/h3-6,11,19H,7-10H2,1-2H3/t11-/m1/s1. The first-order valence-electron chi connectivity index (χ1n) is 6.97. The number of hydrogen-bond acceptors (Lipinski definition) is 4. The molecule has 21 heavy (non-hydrogen) atoms. The first-order chi connectivity index (χ1) is 9.97. The molecule has 2 amide bonds. The number of hydrogen-bond donors (Lipinski definition) is 1. The van der Waals surface area contributed by atoms with Crippen molar-refractivity contribution in [2.45, 2.75) is 24.0 Å². The molecule has 114 valence electrons. The van der Waals surface area contributed by atoms with Gasteiger partial charge in [0.25, 0.3) is 0 Å². The van der Waals surface area contributed by atoms with Gasteiger partial charge in [0.2, 0.25) is 11.8 Å². The number of nitrogens with zero attached hydrogens (tertiary/aromatic N) is 2. The molecule has 1 aliphatic heterocycles. The number of piperazine rings is 1. The summed E-state index contributed by atoms with van der Waals surface area (Å²) >= 11 is 1.48. The highest BCUT2D eigenvalue weighted by molar-refractivity contribution is 8.00. The maximum absolute atomic E-state index is 12.4. The normalized spacial score (nSPS) is 16.7. The molecule has 2 rings (SSSR count). The minimum absolute atomic E-state index is 0.0635. The van der Waals surface area contributed by atoms with Crippen LogP contribution in [-0.2, 0) is 9.59 Å². The van der Waals surface area contributed by atoms with Crippen LogP contribution in [0.5, 0.6) is 5.75 Å². The number of carbonyl (C=O) groups excluding carboxylic acids is 2. The van der Waals surface area contributed by atoms with Gasteiger partial charge in [-0.25, -0.2) is 0 Å². The lowest BCUT2D eigenvalue weighted by molar-refractivity contribution is -0.137. The minimum atomic E-state index is -0.182. The van der Waals surface area contributed by atoms with Gasteiger partial charge in [-0.3, -0.25) is 9.59 Å². The molecule has 0 bridgehead atoms. The third-order valence-electron chi connectivity index (χ3n) is 3.53. The Morgan fingerprint density at radius 3 is 2.14 bits per heavy atom. The largest absolute Gasteiger partial charge is 0.508 e. The van der Waals surface area contributed by atoms with E-state index in [-0.39, 0.29) is 22.8 Å². The van der Waals surface area contributed by atoms with Crippen LogP contribution in [0.4, 0.5) is 0 Å². The Labute approximate surface area is 128 Å². The maximum Gasteiger partial charge on any atom is 0.235 e. The Hall–Kier alpha value is -1.69. The predicted octanol–water partition coefficient (Wildman–Crippen LogP) is 1.56. The fourth-order valence-corrected chi connectivity index (χ4v) is 3.23. The third kappa shape index (κ3) is 4.14. The average Bonchev–Trinajstić information content (AvgIpc) is 2.49. The van der Waals surface area contributed by atoms with Gasteiger partial charge in [-0.15, -0.1) is 11.8 Å². The number of thioether (sulfide) groups is 1. The van der Waals surface area contributed by atoms with E-state index >= 15 is 0 Å². The van der Waals surface area contributed by atoms with Crippen molar-refractivity contribution < 1.29 is 14.7 Å². The zero-order chi connectivity index (χ0) is 15.4. The van der Waals surface area contributed by atoms with Crippen molar-refractivity contribution >= 4 is 23.6 Å². The summed E-state index contributed by atoms with van der Waals surface area (Å²) in [6, 6.07) is 6.84. The summed E-state index contributed by atoms with van der Waals surface area (Å²) in [4.78, 5) is 28.2. The van der Waals surface area contributed by atoms with Crippen molar-refractivity contribution in [3.63, 3.8) is 0 Å². The van der Waals surface area contributed by atoms with Crippen LogP contribution in [0.1, 0.15) is 13.8 Å². The number of phenolic OH excluding ortho intramolecular Hbond substituents is 1. The van der Waals surface area contributed by atoms with Crippen molar-refractivity contribution in [2.75, 3.05) is 26.2 Å². The van der Waals surface area contributed by atoms with Crippen LogP contribution in [-0.4, -0.2) is 58.1 Å². The van der Waals surface area contributed by atoms with Gasteiger partial charge < -0.3 is 14.9 Å². The van der Waals surface area contributed by atoms with E-state index in [0.717, 1.165) is 4.90 Å². The molecular formula is C15H20N2O3S. The minimum Gasteiger partial charge on any atom is -0.508 e. The molecule has 1 fully saturated rings. The number of phenols is 1. The molecule has 1 N–H and O–H groups in total. The van der Waals surface area contributed by atoms with Crippen LogP contribution >= 0.6 is 11.8 Å². The van der Waals surface area contributed by atoms with Gasteiger partial charge in [0.05, 0.1) is 5.25 Å². The quantitative estimate of drug-likeness (QED) is 0.861. The lowest BCUT2D eigenvalue weighted by Gasteiger charge is -2.35. The molecule has 0 unspecified atom stereocenters. The van der Waals surface area contributed by atoms with Gasteiger partial charge in [0.15, 0.2) is 0 Å². The van der Waals surface area contributed by atoms with Crippen LogP contribution in [0.15, 0.2) is 29.2 Å². The number of rotatable bonds is 3. The van der Waals surface area contributed by atoms with E-state index in [1.807, 2.05) is 11.8 Å². The van der Waals surface area contributed by atoms with Gasteiger partial charge in [-0.05, 0) is 31.2 Å². The SMILES string of the molecule is CC(=O)N1CCN(C(=O)[C@@H](C)Sc2ccc(O)cc2)CC1. The molecule has 0 saturated carbocycles. The Morgan fingerprint density at radius 1 is 1.10 bits per heavy atom. The average molecular weight is 308 g/mol.